The van der Waals surface area contributed by atoms with Gasteiger partial charge in [0.05, 0.1) is 5.75 Å². The summed E-state index contributed by atoms with van der Waals surface area (Å²) in [5.74, 6) is 1.12. The highest BCUT2D eigenvalue weighted by Crippen LogP contribution is 2.34. The smallest absolute Gasteiger partial charge is 0.230 e. The molecule has 0 unspecified atom stereocenters. The van der Waals surface area contributed by atoms with Crippen LogP contribution in [-0.4, -0.2) is 27.7 Å². The number of aryl methyl sites for hydroxylation is 2. The van der Waals surface area contributed by atoms with Gasteiger partial charge in [-0.2, -0.15) is 0 Å². The zero-order chi connectivity index (χ0) is 16.4. The highest BCUT2D eigenvalue weighted by molar-refractivity contribution is 8.00. The Kier molecular flexibility index (Phi) is 5.21. The molecule has 0 saturated heterocycles. The SMILES string of the molecule is Cc1sc2ncnc(SCC(=O)N[C@@H]3CCCC[C@H]3C)c2c1C. The molecule has 1 fully saturated rings. The average molecular weight is 350 g/mol. The van der Waals surface area contributed by atoms with Crippen molar-refractivity contribution in [1.82, 2.24) is 15.3 Å². The zero-order valence-corrected chi connectivity index (χ0v) is 15.5. The van der Waals surface area contributed by atoms with Crippen LogP contribution in [0.3, 0.4) is 0 Å². The molecule has 124 valence electrons. The van der Waals surface area contributed by atoms with Crippen LogP contribution in [0.4, 0.5) is 0 Å². The van der Waals surface area contributed by atoms with Crippen molar-refractivity contribution in [1.29, 1.82) is 0 Å². The minimum atomic E-state index is 0.116. The van der Waals surface area contributed by atoms with Gasteiger partial charge in [0.25, 0.3) is 0 Å². The van der Waals surface area contributed by atoms with E-state index in [1.807, 2.05) is 0 Å². The van der Waals surface area contributed by atoms with E-state index in [1.54, 1.807) is 17.7 Å². The van der Waals surface area contributed by atoms with Crippen molar-refractivity contribution in [2.75, 3.05) is 5.75 Å². The summed E-state index contributed by atoms with van der Waals surface area (Å²) >= 11 is 3.21. The monoisotopic (exact) mass is 349 g/mol. The number of nitrogens with zero attached hydrogens (tertiary/aromatic N) is 2. The maximum atomic E-state index is 12.3. The minimum Gasteiger partial charge on any atom is -0.352 e. The number of amides is 1. The Balaban J connectivity index is 1.65. The van der Waals surface area contributed by atoms with E-state index < -0.39 is 0 Å². The Morgan fingerprint density at radius 1 is 1.35 bits per heavy atom. The van der Waals surface area contributed by atoms with Crippen molar-refractivity contribution < 1.29 is 4.79 Å². The fourth-order valence-electron chi connectivity index (χ4n) is 3.17. The van der Waals surface area contributed by atoms with Gasteiger partial charge in [0.1, 0.15) is 16.2 Å². The predicted molar refractivity (Wildman–Crippen MR) is 97.2 cm³/mol. The Morgan fingerprint density at radius 2 is 2.13 bits per heavy atom. The number of aromatic nitrogens is 2. The number of thioether (sulfide) groups is 1. The third-order valence-corrected chi connectivity index (χ3v) is 6.83. The lowest BCUT2D eigenvalue weighted by molar-refractivity contribution is -0.119. The number of nitrogens with one attached hydrogen (secondary N) is 1. The van der Waals surface area contributed by atoms with E-state index in [0.29, 0.717) is 17.7 Å². The maximum Gasteiger partial charge on any atom is 0.230 e. The van der Waals surface area contributed by atoms with E-state index in [-0.39, 0.29) is 5.91 Å². The molecule has 2 aromatic rings. The Hall–Kier alpha value is -1.14. The third kappa shape index (κ3) is 3.69. The highest BCUT2D eigenvalue weighted by atomic mass is 32.2. The number of hydrogen-bond acceptors (Lipinski definition) is 5. The molecule has 0 bridgehead atoms. The molecule has 2 aromatic heterocycles. The van der Waals surface area contributed by atoms with Crippen LogP contribution in [0.15, 0.2) is 11.4 Å². The molecule has 0 spiro atoms. The average Bonchev–Trinajstić information content (AvgIpc) is 2.83. The van der Waals surface area contributed by atoms with Crippen LogP contribution in [0.25, 0.3) is 10.2 Å². The van der Waals surface area contributed by atoms with Crippen LogP contribution in [0.1, 0.15) is 43.0 Å². The molecule has 0 radical (unpaired) electrons. The van der Waals surface area contributed by atoms with E-state index in [2.05, 4.69) is 36.1 Å². The largest absolute Gasteiger partial charge is 0.352 e. The molecule has 1 saturated carbocycles. The van der Waals surface area contributed by atoms with E-state index in [4.69, 9.17) is 0 Å². The minimum absolute atomic E-state index is 0.116. The van der Waals surface area contributed by atoms with Crippen molar-refractivity contribution >= 4 is 39.2 Å². The number of rotatable bonds is 4. The molecule has 1 N–H and O–H groups in total. The molecule has 23 heavy (non-hydrogen) atoms. The summed E-state index contributed by atoms with van der Waals surface area (Å²) in [4.78, 5) is 23.3. The van der Waals surface area contributed by atoms with Crippen molar-refractivity contribution in [3.8, 4) is 0 Å². The van der Waals surface area contributed by atoms with E-state index >= 15 is 0 Å². The summed E-state index contributed by atoms with van der Waals surface area (Å²) in [5, 5.41) is 5.24. The highest BCUT2D eigenvalue weighted by Gasteiger charge is 2.23. The molecule has 6 heteroatoms. The Bertz CT molecular complexity index is 713. The number of fused-ring (bicyclic) bond motifs is 1. The summed E-state index contributed by atoms with van der Waals surface area (Å²) in [7, 11) is 0. The maximum absolute atomic E-state index is 12.3. The fraction of sp³-hybridized carbons (Fsp3) is 0.588. The molecular formula is C17H23N3OS2. The van der Waals surface area contributed by atoms with Crippen LogP contribution in [0.5, 0.6) is 0 Å². The van der Waals surface area contributed by atoms with Crippen LogP contribution < -0.4 is 5.32 Å². The molecule has 4 nitrogen and oxygen atoms in total. The van der Waals surface area contributed by atoms with Gasteiger partial charge in [-0.25, -0.2) is 9.97 Å². The molecule has 2 atom stereocenters. The molecule has 0 aromatic carbocycles. The normalized spacial score (nSPS) is 21.5. The molecule has 2 heterocycles. The molecule has 0 aliphatic heterocycles. The second kappa shape index (κ2) is 7.18. The fourth-order valence-corrected chi connectivity index (χ4v) is 5.10. The van der Waals surface area contributed by atoms with Crippen molar-refractivity contribution in [3.63, 3.8) is 0 Å². The number of thiophene rings is 1. The number of carbonyl (C=O) groups excluding carboxylic acids is 1. The Labute approximate surface area is 145 Å². The van der Waals surface area contributed by atoms with Gasteiger partial charge in [-0.1, -0.05) is 31.5 Å². The van der Waals surface area contributed by atoms with Crippen LogP contribution in [0.2, 0.25) is 0 Å². The van der Waals surface area contributed by atoms with Crippen molar-refractivity contribution in [2.24, 2.45) is 5.92 Å². The lowest BCUT2D eigenvalue weighted by atomic mass is 9.86. The predicted octanol–water partition coefficient (Wildman–Crippen LogP) is 4.10. The number of carbonyl (C=O) groups is 1. The van der Waals surface area contributed by atoms with Gasteiger partial charge in [0.2, 0.25) is 5.91 Å². The van der Waals surface area contributed by atoms with Crippen LogP contribution in [0, 0.1) is 19.8 Å². The van der Waals surface area contributed by atoms with Crippen LogP contribution >= 0.6 is 23.1 Å². The molecule has 1 aliphatic carbocycles. The molecule has 3 rings (SSSR count). The molecule has 1 amide bonds. The first-order valence-corrected chi connectivity index (χ1v) is 9.99. The van der Waals surface area contributed by atoms with Crippen molar-refractivity contribution in [2.45, 2.75) is 57.5 Å². The standard InChI is InChI=1S/C17H23N3OS2/c1-10-6-4-5-7-13(10)20-14(21)8-22-16-15-11(2)12(3)23-17(15)19-9-18-16/h9-10,13H,4-8H2,1-3H3,(H,20,21)/t10-,13-/m1/s1. The third-order valence-electron chi connectivity index (χ3n) is 4.73. The van der Waals surface area contributed by atoms with E-state index in [1.165, 1.54) is 41.5 Å². The Morgan fingerprint density at radius 3 is 2.91 bits per heavy atom. The lowest BCUT2D eigenvalue weighted by Gasteiger charge is -2.29. The quantitative estimate of drug-likeness (QED) is 0.667. The molecular weight excluding hydrogens is 326 g/mol. The summed E-state index contributed by atoms with van der Waals surface area (Å²) in [6, 6.07) is 0.340. The lowest BCUT2D eigenvalue weighted by Crippen LogP contribution is -2.41. The van der Waals surface area contributed by atoms with Gasteiger partial charge in [-0.15, -0.1) is 11.3 Å². The van der Waals surface area contributed by atoms with Gasteiger partial charge in [-0.3, -0.25) is 4.79 Å². The van der Waals surface area contributed by atoms with Crippen molar-refractivity contribution in [3.05, 3.63) is 16.8 Å². The number of hydrogen-bond donors (Lipinski definition) is 1. The molecule has 1 aliphatic rings. The summed E-state index contributed by atoms with van der Waals surface area (Å²) < 4.78 is 0. The summed E-state index contributed by atoms with van der Waals surface area (Å²) in [6.45, 7) is 6.45. The summed E-state index contributed by atoms with van der Waals surface area (Å²) in [5.41, 5.74) is 1.23. The first-order chi connectivity index (χ1) is 11.1. The van der Waals surface area contributed by atoms with Gasteiger partial charge in [0, 0.05) is 16.3 Å². The van der Waals surface area contributed by atoms with E-state index in [9.17, 15) is 4.79 Å². The van der Waals surface area contributed by atoms with Gasteiger partial charge < -0.3 is 5.32 Å². The first-order valence-electron chi connectivity index (χ1n) is 8.19. The zero-order valence-electron chi connectivity index (χ0n) is 13.9. The topological polar surface area (TPSA) is 54.9 Å². The first kappa shape index (κ1) is 16.7. The second-order valence-corrected chi connectivity index (χ2v) is 8.53. The van der Waals surface area contributed by atoms with Gasteiger partial charge in [0.15, 0.2) is 0 Å². The van der Waals surface area contributed by atoms with E-state index in [0.717, 1.165) is 21.7 Å². The van der Waals surface area contributed by atoms with Gasteiger partial charge >= 0.3 is 0 Å². The van der Waals surface area contributed by atoms with Gasteiger partial charge in [-0.05, 0) is 38.2 Å². The van der Waals surface area contributed by atoms with Crippen LogP contribution in [-0.2, 0) is 4.79 Å². The summed E-state index contributed by atoms with van der Waals surface area (Å²) in [6.07, 6.45) is 6.44. The second-order valence-electron chi connectivity index (χ2n) is 6.37.